The highest BCUT2D eigenvalue weighted by atomic mass is 32.1. The third-order valence-electron chi connectivity index (χ3n) is 4.72. The molecule has 0 unspecified atom stereocenters. The molecule has 0 radical (unpaired) electrons. The summed E-state index contributed by atoms with van der Waals surface area (Å²) in [4.78, 5) is 15.5. The summed E-state index contributed by atoms with van der Waals surface area (Å²) >= 11 is 1.68. The van der Waals surface area contributed by atoms with Crippen LogP contribution in [0.15, 0.2) is 65.8 Å². The molecule has 0 saturated heterocycles. The molecule has 1 aromatic heterocycles. The number of allylic oxidation sites excluding steroid dienone is 3. The zero-order valence-corrected chi connectivity index (χ0v) is 16.6. The van der Waals surface area contributed by atoms with Crippen LogP contribution in [0.1, 0.15) is 35.4 Å². The standard InChI is InChI=1S/C22H25N3OS/c1-4-17-8-9-18-13-25(14-19(18)12-17)22(26)24-16(3)20(23)10-7-15(2)21-6-5-11-27-21/h5-12H,3-4,13-14,23H2,1-2H3,(H,24,26)/b15-7+,20-10+. The lowest BCUT2D eigenvalue weighted by molar-refractivity contribution is 0.201. The molecule has 0 bridgehead atoms. The number of nitrogens with one attached hydrogen (secondary N) is 1. The number of hydrogen-bond donors (Lipinski definition) is 2. The largest absolute Gasteiger partial charge is 0.397 e. The lowest BCUT2D eigenvalue weighted by Gasteiger charge is -2.17. The molecule has 2 aromatic rings. The number of urea groups is 1. The van der Waals surface area contributed by atoms with E-state index in [1.807, 2.05) is 24.4 Å². The van der Waals surface area contributed by atoms with Gasteiger partial charge in [0.05, 0.1) is 11.4 Å². The molecule has 0 aliphatic carbocycles. The summed E-state index contributed by atoms with van der Waals surface area (Å²) in [6.45, 7) is 9.29. The first kappa shape index (κ1) is 19.0. The Labute approximate surface area is 164 Å². The van der Waals surface area contributed by atoms with Crippen LogP contribution in [-0.2, 0) is 19.5 Å². The highest BCUT2D eigenvalue weighted by Crippen LogP contribution is 2.24. The monoisotopic (exact) mass is 379 g/mol. The molecule has 1 aliphatic heterocycles. The van der Waals surface area contributed by atoms with Gasteiger partial charge < -0.3 is 16.0 Å². The number of fused-ring (bicyclic) bond motifs is 1. The molecule has 2 heterocycles. The second-order valence-corrected chi connectivity index (χ2v) is 7.62. The van der Waals surface area contributed by atoms with Crippen molar-refractivity contribution in [2.75, 3.05) is 0 Å². The average Bonchev–Trinajstić information content (AvgIpc) is 3.34. The highest BCUT2D eigenvalue weighted by Gasteiger charge is 2.23. The van der Waals surface area contributed by atoms with E-state index < -0.39 is 0 Å². The molecule has 0 saturated carbocycles. The van der Waals surface area contributed by atoms with Crippen LogP contribution in [0.3, 0.4) is 0 Å². The first-order valence-corrected chi connectivity index (χ1v) is 9.89. The molecule has 5 heteroatoms. The predicted molar refractivity (Wildman–Crippen MR) is 113 cm³/mol. The summed E-state index contributed by atoms with van der Waals surface area (Å²) < 4.78 is 0. The lowest BCUT2D eigenvalue weighted by Crippen LogP contribution is -2.36. The van der Waals surface area contributed by atoms with Crippen molar-refractivity contribution in [2.45, 2.75) is 33.4 Å². The van der Waals surface area contributed by atoms with Gasteiger partial charge in [-0.05, 0) is 53.1 Å². The molecule has 140 valence electrons. The maximum atomic E-state index is 12.6. The maximum Gasteiger partial charge on any atom is 0.322 e. The SMILES string of the molecule is C=C(NC(=O)N1Cc2ccc(CC)cc2C1)/C(N)=C\C=C(/C)c1cccs1. The maximum absolute atomic E-state index is 12.6. The number of amides is 2. The van der Waals surface area contributed by atoms with Gasteiger partial charge in [-0.3, -0.25) is 0 Å². The van der Waals surface area contributed by atoms with Gasteiger partial charge in [-0.2, -0.15) is 0 Å². The van der Waals surface area contributed by atoms with Gasteiger partial charge in [0.15, 0.2) is 0 Å². The number of rotatable bonds is 5. The van der Waals surface area contributed by atoms with Crippen LogP contribution >= 0.6 is 11.3 Å². The summed E-state index contributed by atoms with van der Waals surface area (Å²) in [5.41, 5.74) is 11.8. The number of benzene rings is 1. The van der Waals surface area contributed by atoms with E-state index in [-0.39, 0.29) is 6.03 Å². The highest BCUT2D eigenvalue weighted by molar-refractivity contribution is 7.11. The first-order valence-electron chi connectivity index (χ1n) is 9.01. The fourth-order valence-corrected chi connectivity index (χ4v) is 3.71. The van der Waals surface area contributed by atoms with Crippen molar-refractivity contribution in [3.05, 3.63) is 87.4 Å². The third kappa shape index (κ3) is 4.49. The summed E-state index contributed by atoms with van der Waals surface area (Å²) in [5, 5.41) is 4.85. The number of aryl methyl sites for hydroxylation is 1. The Hall–Kier alpha value is -2.79. The molecular weight excluding hydrogens is 354 g/mol. The minimum absolute atomic E-state index is 0.176. The Kier molecular flexibility index (Phi) is 5.81. The number of nitrogens with two attached hydrogens (primary N) is 1. The summed E-state index contributed by atoms with van der Waals surface area (Å²) in [5.74, 6) is 0. The van der Waals surface area contributed by atoms with E-state index in [9.17, 15) is 4.79 Å². The minimum atomic E-state index is -0.176. The third-order valence-corrected chi connectivity index (χ3v) is 5.72. The van der Waals surface area contributed by atoms with Gasteiger partial charge in [0.2, 0.25) is 0 Å². The van der Waals surface area contributed by atoms with Crippen LogP contribution in [-0.4, -0.2) is 10.9 Å². The predicted octanol–water partition coefficient (Wildman–Crippen LogP) is 4.80. The van der Waals surface area contributed by atoms with E-state index in [4.69, 9.17) is 5.73 Å². The van der Waals surface area contributed by atoms with E-state index in [2.05, 4.69) is 43.1 Å². The molecular formula is C22H25N3OS. The van der Waals surface area contributed by atoms with Crippen LogP contribution in [0.4, 0.5) is 4.79 Å². The molecule has 2 amide bonds. The minimum Gasteiger partial charge on any atom is -0.397 e. The van der Waals surface area contributed by atoms with Crippen LogP contribution in [0.2, 0.25) is 0 Å². The van der Waals surface area contributed by atoms with Crippen LogP contribution in [0.25, 0.3) is 5.57 Å². The fraction of sp³-hybridized carbons (Fsp3) is 0.227. The second kappa shape index (κ2) is 8.27. The average molecular weight is 380 g/mol. The Morgan fingerprint density at radius 3 is 2.78 bits per heavy atom. The van der Waals surface area contributed by atoms with E-state index >= 15 is 0 Å². The Bertz CT molecular complexity index is 910. The van der Waals surface area contributed by atoms with Crippen molar-refractivity contribution < 1.29 is 4.79 Å². The van der Waals surface area contributed by atoms with Crippen LogP contribution < -0.4 is 11.1 Å². The zero-order valence-electron chi connectivity index (χ0n) is 15.8. The van der Waals surface area contributed by atoms with Crippen LogP contribution in [0, 0.1) is 0 Å². The van der Waals surface area contributed by atoms with Gasteiger partial charge in [-0.15, -0.1) is 11.3 Å². The molecule has 1 aromatic carbocycles. The molecule has 3 rings (SSSR count). The number of nitrogens with zero attached hydrogens (tertiary/aromatic N) is 1. The lowest BCUT2D eigenvalue weighted by atomic mass is 10.1. The number of carbonyl (C=O) groups is 1. The molecule has 0 atom stereocenters. The van der Waals surface area contributed by atoms with Crippen molar-refractivity contribution in [1.29, 1.82) is 0 Å². The van der Waals surface area contributed by atoms with E-state index in [1.165, 1.54) is 21.6 Å². The quantitative estimate of drug-likeness (QED) is 0.734. The normalized spacial score (nSPS) is 14.2. The number of thiophene rings is 1. The van der Waals surface area contributed by atoms with Gasteiger partial charge in [0.1, 0.15) is 0 Å². The Balaban J connectivity index is 1.60. The van der Waals surface area contributed by atoms with Gasteiger partial charge >= 0.3 is 6.03 Å². The Morgan fingerprint density at radius 1 is 1.30 bits per heavy atom. The molecule has 3 N–H and O–H groups in total. The van der Waals surface area contributed by atoms with Crippen molar-refractivity contribution in [1.82, 2.24) is 10.2 Å². The van der Waals surface area contributed by atoms with E-state index in [1.54, 1.807) is 22.3 Å². The number of carbonyl (C=O) groups excluding carboxylic acids is 1. The van der Waals surface area contributed by atoms with Crippen LogP contribution in [0.5, 0.6) is 0 Å². The molecule has 4 nitrogen and oxygen atoms in total. The van der Waals surface area contributed by atoms with Crippen molar-refractivity contribution in [3.63, 3.8) is 0 Å². The van der Waals surface area contributed by atoms with Crippen molar-refractivity contribution >= 4 is 22.9 Å². The fourth-order valence-electron chi connectivity index (χ4n) is 2.99. The summed E-state index contributed by atoms with van der Waals surface area (Å²) in [6.07, 6.45) is 4.72. The van der Waals surface area contributed by atoms with E-state index in [0.717, 1.165) is 12.0 Å². The first-order chi connectivity index (χ1) is 13.0. The van der Waals surface area contributed by atoms with E-state index in [0.29, 0.717) is 24.5 Å². The smallest absolute Gasteiger partial charge is 0.322 e. The number of hydrogen-bond acceptors (Lipinski definition) is 3. The van der Waals surface area contributed by atoms with Gasteiger partial charge in [-0.1, -0.05) is 43.8 Å². The van der Waals surface area contributed by atoms with Crippen molar-refractivity contribution in [3.8, 4) is 0 Å². The Morgan fingerprint density at radius 2 is 2.07 bits per heavy atom. The van der Waals surface area contributed by atoms with Gasteiger partial charge in [0, 0.05) is 18.0 Å². The van der Waals surface area contributed by atoms with Gasteiger partial charge in [0.25, 0.3) is 0 Å². The topological polar surface area (TPSA) is 58.4 Å². The second-order valence-electron chi connectivity index (χ2n) is 6.67. The van der Waals surface area contributed by atoms with Crippen molar-refractivity contribution in [2.24, 2.45) is 5.73 Å². The molecule has 1 aliphatic rings. The summed E-state index contributed by atoms with van der Waals surface area (Å²) in [6, 6.07) is 10.3. The molecule has 27 heavy (non-hydrogen) atoms. The molecule has 0 fully saturated rings. The van der Waals surface area contributed by atoms with Gasteiger partial charge in [-0.25, -0.2) is 4.79 Å². The zero-order chi connectivity index (χ0) is 19.4. The summed E-state index contributed by atoms with van der Waals surface area (Å²) in [7, 11) is 0. The molecule has 0 spiro atoms.